The summed E-state index contributed by atoms with van der Waals surface area (Å²) in [6, 6.07) is 29.4. The van der Waals surface area contributed by atoms with Crippen LogP contribution in [0.4, 0.5) is 0 Å². The van der Waals surface area contributed by atoms with Crippen molar-refractivity contribution in [3.8, 4) is 0 Å². The number of fused-ring (bicyclic) bond motifs is 1. The summed E-state index contributed by atoms with van der Waals surface area (Å²) in [6.45, 7) is 1.22. The fourth-order valence-corrected chi connectivity index (χ4v) is 4.62. The highest BCUT2D eigenvalue weighted by atomic mass is 16.6. The number of rotatable bonds is 9. The van der Waals surface area contributed by atoms with Crippen LogP contribution in [0, 0.1) is 0 Å². The van der Waals surface area contributed by atoms with Gasteiger partial charge in [-0.25, -0.2) is 0 Å². The van der Waals surface area contributed by atoms with Gasteiger partial charge in [0.25, 0.3) is 0 Å². The highest BCUT2D eigenvalue weighted by Crippen LogP contribution is 2.37. The van der Waals surface area contributed by atoms with Crippen LogP contribution in [-0.2, 0) is 38.8 Å². The Hall–Kier alpha value is -3.29. The SMILES string of the molecule is O=C1C=CN2C[C@H](OCc3ccccc3)[C@@H](OCc3ccccc3)[C@H](OCc3ccccc3)C12O. The summed E-state index contributed by atoms with van der Waals surface area (Å²) in [4.78, 5) is 14.5. The Morgan fingerprint density at radius 3 is 1.77 bits per heavy atom. The molecule has 3 aromatic carbocycles. The first kappa shape index (κ1) is 23.5. The lowest BCUT2D eigenvalue weighted by molar-refractivity contribution is -0.264. The Morgan fingerprint density at radius 2 is 1.23 bits per heavy atom. The molecule has 0 bridgehead atoms. The molecule has 5 rings (SSSR count). The van der Waals surface area contributed by atoms with E-state index in [4.69, 9.17) is 14.2 Å². The molecular formula is C29H29NO5. The van der Waals surface area contributed by atoms with Crippen molar-refractivity contribution in [2.75, 3.05) is 6.54 Å². The third kappa shape index (κ3) is 5.06. The molecule has 6 nitrogen and oxygen atoms in total. The standard InChI is InChI=1S/C29H29NO5/c31-26-16-17-30-18-25(33-19-22-10-4-1-5-11-22)27(34-20-23-12-6-2-7-13-23)28(29(26,30)32)35-21-24-14-8-3-9-15-24/h1-17,25,27-28,32H,18-21H2/t25-,27+,28-,29?/m0/s1. The van der Waals surface area contributed by atoms with Gasteiger partial charge >= 0.3 is 0 Å². The molecule has 1 unspecified atom stereocenters. The van der Waals surface area contributed by atoms with Gasteiger partial charge in [0.2, 0.25) is 11.5 Å². The molecule has 3 aromatic rings. The third-order valence-corrected chi connectivity index (χ3v) is 6.51. The average molecular weight is 472 g/mol. The van der Waals surface area contributed by atoms with E-state index in [0.29, 0.717) is 19.8 Å². The van der Waals surface area contributed by atoms with Crippen molar-refractivity contribution in [1.82, 2.24) is 4.90 Å². The lowest BCUT2D eigenvalue weighted by atomic mass is 9.89. The van der Waals surface area contributed by atoms with Gasteiger partial charge in [-0.2, -0.15) is 0 Å². The number of hydrogen-bond donors (Lipinski definition) is 1. The number of nitrogens with zero attached hydrogens (tertiary/aromatic N) is 1. The van der Waals surface area contributed by atoms with E-state index >= 15 is 0 Å². The van der Waals surface area contributed by atoms with Gasteiger partial charge in [0.1, 0.15) is 18.3 Å². The number of piperidine rings is 1. The van der Waals surface area contributed by atoms with Crippen molar-refractivity contribution in [3.05, 3.63) is 120 Å². The highest BCUT2D eigenvalue weighted by molar-refractivity contribution is 5.99. The first-order chi connectivity index (χ1) is 17.1. The van der Waals surface area contributed by atoms with Crippen molar-refractivity contribution >= 4 is 5.78 Å². The molecule has 0 amide bonds. The molecule has 0 aliphatic carbocycles. The zero-order valence-corrected chi connectivity index (χ0v) is 19.4. The van der Waals surface area contributed by atoms with E-state index < -0.39 is 29.8 Å². The van der Waals surface area contributed by atoms with Gasteiger partial charge in [-0.05, 0) is 16.7 Å². The number of ketones is 1. The summed E-state index contributed by atoms with van der Waals surface area (Å²) in [5, 5.41) is 11.6. The Balaban J connectivity index is 1.42. The second-order valence-corrected chi connectivity index (χ2v) is 8.87. The third-order valence-electron chi connectivity index (χ3n) is 6.51. The molecule has 1 saturated heterocycles. The molecule has 1 fully saturated rings. The molecule has 2 heterocycles. The number of aliphatic hydroxyl groups is 1. The number of benzene rings is 3. The van der Waals surface area contributed by atoms with Crippen LogP contribution < -0.4 is 0 Å². The Kier molecular flexibility index (Phi) is 7.06. The summed E-state index contributed by atoms with van der Waals surface area (Å²) in [5.74, 6) is -0.412. The molecule has 0 radical (unpaired) electrons. The molecule has 0 aromatic heterocycles. The monoisotopic (exact) mass is 471 g/mol. The van der Waals surface area contributed by atoms with Crippen molar-refractivity contribution < 1.29 is 24.1 Å². The van der Waals surface area contributed by atoms with E-state index in [2.05, 4.69) is 0 Å². The van der Waals surface area contributed by atoms with Crippen LogP contribution in [0.15, 0.2) is 103 Å². The van der Waals surface area contributed by atoms with E-state index in [1.807, 2.05) is 91.0 Å². The molecule has 1 N–H and O–H groups in total. The molecular weight excluding hydrogens is 442 g/mol. The molecule has 2 aliphatic heterocycles. The van der Waals surface area contributed by atoms with Crippen LogP contribution in [-0.4, -0.2) is 46.4 Å². The Bertz CT molecular complexity index is 1140. The van der Waals surface area contributed by atoms with Gasteiger partial charge in [-0.15, -0.1) is 0 Å². The van der Waals surface area contributed by atoms with Crippen LogP contribution in [0.1, 0.15) is 16.7 Å². The zero-order chi connectivity index (χ0) is 24.1. The van der Waals surface area contributed by atoms with E-state index in [9.17, 15) is 9.90 Å². The average Bonchev–Trinajstić information content (AvgIpc) is 3.20. The van der Waals surface area contributed by atoms with Gasteiger partial charge in [0.15, 0.2) is 0 Å². The second-order valence-electron chi connectivity index (χ2n) is 8.87. The first-order valence-electron chi connectivity index (χ1n) is 11.8. The zero-order valence-electron chi connectivity index (χ0n) is 19.4. The molecule has 2 aliphatic rings. The summed E-state index contributed by atoms with van der Waals surface area (Å²) in [5.41, 5.74) is 1.12. The minimum Gasteiger partial charge on any atom is -0.369 e. The topological polar surface area (TPSA) is 68.2 Å². The minimum absolute atomic E-state index is 0.228. The predicted octanol–water partition coefficient (Wildman–Crippen LogP) is 3.84. The van der Waals surface area contributed by atoms with Crippen molar-refractivity contribution in [2.45, 2.75) is 43.9 Å². The smallest absolute Gasteiger partial charge is 0.231 e. The van der Waals surface area contributed by atoms with Crippen LogP contribution in [0.5, 0.6) is 0 Å². The second kappa shape index (κ2) is 10.5. The summed E-state index contributed by atoms with van der Waals surface area (Å²) in [6.07, 6.45) is 0.951. The maximum Gasteiger partial charge on any atom is 0.231 e. The van der Waals surface area contributed by atoms with Gasteiger partial charge in [0, 0.05) is 18.8 Å². The minimum atomic E-state index is -1.84. The normalized spacial score (nSPS) is 25.6. The largest absolute Gasteiger partial charge is 0.369 e. The van der Waals surface area contributed by atoms with Gasteiger partial charge in [-0.3, -0.25) is 4.79 Å². The number of hydrogen-bond acceptors (Lipinski definition) is 6. The van der Waals surface area contributed by atoms with Crippen molar-refractivity contribution in [3.63, 3.8) is 0 Å². The molecule has 0 spiro atoms. The molecule has 35 heavy (non-hydrogen) atoms. The summed E-state index contributed by atoms with van der Waals surface area (Å²) < 4.78 is 19.0. The summed E-state index contributed by atoms with van der Waals surface area (Å²) in [7, 11) is 0. The first-order valence-corrected chi connectivity index (χ1v) is 11.8. The van der Waals surface area contributed by atoms with Crippen LogP contribution in [0.2, 0.25) is 0 Å². The quantitative estimate of drug-likeness (QED) is 0.512. The number of ether oxygens (including phenoxy) is 3. The maximum absolute atomic E-state index is 12.9. The Morgan fingerprint density at radius 1 is 0.743 bits per heavy atom. The highest BCUT2D eigenvalue weighted by Gasteiger charge is 2.60. The number of carbonyl (C=O) groups excluding carboxylic acids is 1. The van der Waals surface area contributed by atoms with Gasteiger partial charge in [0.05, 0.1) is 19.8 Å². The fraction of sp³-hybridized carbons (Fsp3) is 0.276. The number of carbonyl (C=O) groups is 1. The molecule has 6 heteroatoms. The van der Waals surface area contributed by atoms with Crippen molar-refractivity contribution in [1.29, 1.82) is 0 Å². The van der Waals surface area contributed by atoms with E-state index in [1.54, 1.807) is 11.1 Å². The van der Waals surface area contributed by atoms with Crippen LogP contribution in [0.25, 0.3) is 0 Å². The molecule has 0 saturated carbocycles. The van der Waals surface area contributed by atoms with Gasteiger partial charge in [-0.1, -0.05) is 91.0 Å². The summed E-state index contributed by atoms with van der Waals surface area (Å²) >= 11 is 0. The lowest BCUT2D eigenvalue weighted by Gasteiger charge is -2.50. The maximum atomic E-state index is 12.9. The van der Waals surface area contributed by atoms with Crippen LogP contribution >= 0.6 is 0 Å². The van der Waals surface area contributed by atoms with E-state index in [-0.39, 0.29) is 6.61 Å². The van der Waals surface area contributed by atoms with E-state index in [1.165, 1.54) is 6.08 Å². The Labute approximate surface area is 205 Å². The molecule has 180 valence electrons. The lowest BCUT2D eigenvalue weighted by Crippen LogP contribution is -2.70. The fourth-order valence-electron chi connectivity index (χ4n) is 4.62. The van der Waals surface area contributed by atoms with Crippen molar-refractivity contribution in [2.24, 2.45) is 0 Å². The van der Waals surface area contributed by atoms with Crippen LogP contribution in [0.3, 0.4) is 0 Å². The predicted molar refractivity (Wildman–Crippen MR) is 131 cm³/mol. The van der Waals surface area contributed by atoms with Gasteiger partial charge < -0.3 is 24.2 Å². The van der Waals surface area contributed by atoms with E-state index in [0.717, 1.165) is 16.7 Å². The molecule has 4 atom stereocenters.